The maximum absolute atomic E-state index is 11.8. The molecule has 1 aliphatic rings. The second-order valence-electron chi connectivity index (χ2n) is 7.88. The van der Waals surface area contributed by atoms with Crippen molar-refractivity contribution in [2.75, 3.05) is 0 Å². The van der Waals surface area contributed by atoms with Gasteiger partial charge in [-0.25, -0.2) is 0 Å². The summed E-state index contributed by atoms with van der Waals surface area (Å²) in [5.74, 6) is 0. The topological polar surface area (TPSA) is 109 Å². The zero-order valence-corrected chi connectivity index (χ0v) is 17.5. The molecule has 28 heavy (non-hydrogen) atoms. The van der Waals surface area contributed by atoms with E-state index in [2.05, 4.69) is 0 Å². The lowest BCUT2D eigenvalue weighted by molar-refractivity contribution is 0.131. The average molecular weight is 425 g/mol. The van der Waals surface area contributed by atoms with Crippen molar-refractivity contribution < 1.29 is 25.9 Å². The second kappa shape index (κ2) is 7.26. The molecule has 2 aromatic rings. The Morgan fingerprint density at radius 1 is 0.786 bits per heavy atom. The molecule has 1 aliphatic carbocycles. The van der Waals surface area contributed by atoms with Crippen LogP contribution in [0.25, 0.3) is 0 Å². The Hall–Kier alpha value is -1.74. The molecule has 2 aromatic carbocycles. The fraction of sp³-hybridized carbons (Fsp3) is 0.400. The molecule has 0 aromatic heterocycles. The van der Waals surface area contributed by atoms with Crippen LogP contribution < -0.4 is 0 Å². The first-order valence-corrected chi connectivity index (χ1v) is 11.9. The summed E-state index contributed by atoms with van der Waals surface area (Å²) >= 11 is 0. The highest BCUT2D eigenvalue weighted by Crippen LogP contribution is 2.48. The van der Waals surface area contributed by atoms with Gasteiger partial charge in [-0.2, -0.15) is 16.8 Å². The molecule has 0 aliphatic heterocycles. The zero-order chi connectivity index (χ0) is 20.7. The predicted octanol–water partition coefficient (Wildman–Crippen LogP) is 3.75. The Balaban J connectivity index is 2.02. The number of hydrogen-bond donors (Lipinski definition) is 2. The van der Waals surface area contributed by atoms with E-state index in [1.54, 1.807) is 24.3 Å². The van der Waals surface area contributed by atoms with Gasteiger partial charge in [-0.05, 0) is 68.2 Å². The number of hydrogen-bond acceptors (Lipinski definition) is 4. The van der Waals surface area contributed by atoms with Gasteiger partial charge in [-0.15, -0.1) is 0 Å². The lowest BCUT2D eigenvalue weighted by atomic mass is 9.62. The predicted molar refractivity (Wildman–Crippen MR) is 106 cm³/mol. The monoisotopic (exact) mass is 424 g/mol. The highest BCUT2D eigenvalue weighted by molar-refractivity contribution is 7.86. The summed E-state index contributed by atoms with van der Waals surface area (Å²) in [6.07, 6.45) is 3.39. The SMILES string of the molecule is Cc1ccc(S(=O)(=O)O)c(CC2(Cc3cc(C)ccc3S(=O)(=O)O)CCC2)c1. The molecule has 8 heteroatoms. The summed E-state index contributed by atoms with van der Waals surface area (Å²) in [6, 6.07) is 9.59. The van der Waals surface area contributed by atoms with Crippen LogP contribution >= 0.6 is 0 Å². The number of benzene rings is 2. The molecule has 0 heterocycles. The van der Waals surface area contributed by atoms with Gasteiger partial charge in [-0.3, -0.25) is 9.11 Å². The van der Waals surface area contributed by atoms with E-state index in [4.69, 9.17) is 0 Å². The first-order valence-electron chi connectivity index (χ1n) is 9.04. The molecule has 0 bridgehead atoms. The van der Waals surface area contributed by atoms with E-state index >= 15 is 0 Å². The third-order valence-corrected chi connectivity index (χ3v) is 7.44. The van der Waals surface area contributed by atoms with Gasteiger partial charge < -0.3 is 0 Å². The minimum absolute atomic E-state index is 0.108. The Labute approximate surface area is 166 Å². The Morgan fingerprint density at radius 3 is 1.46 bits per heavy atom. The van der Waals surface area contributed by atoms with Crippen LogP contribution in [-0.2, 0) is 33.1 Å². The van der Waals surface area contributed by atoms with Gasteiger partial charge >= 0.3 is 0 Å². The van der Waals surface area contributed by atoms with E-state index in [-0.39, 0.29) is 15.2 Å². The quantitative estimate of drug-likeness (QED) is 0.684. The van der Waals surface area contributed by atoms with Crippen molar-refractivity contribution in [3.63, 3.8) is 0 Å². The minimum atomic E-state index is -4.35. The lowest BCUT2D eigenvalue weighted by Gasteiger charge is -2.43. The number of rotatable bonds is 6. The Bertz CT molecular complexity index is 1030. The molecule has 0 atom stereocenters. The van der Waals surface area contributed by atoms with Gasteiger partial charge in [-0.1, -0.05) is 41.8 Å². The maximum Gasteiger partial charge on any atom is 0.294 e. The van der Waals surface area contributed by atoms with Crippen molar-refractivity contribution in [3.8, 4) is 0 Å². The van der Waals surface area contributed by atoms with Crippen LogP contribution in [0.1, 0.15) is 41.5 Å². The standard InChI is InChI=1S/C20H24O6S2/c1-14-4-6-18(27(21,22)23)16(10-14)12-20(8-3-9-20)13-17-11-15(2)5-7-19(17)28(24,25)26/h4-7,10-11H,3,8-9,12-13H2,1-2H3,(H,21,22,23)(H,24,25,26). The summed E-state index contributed by atoms with van der Waals surface area (Å²) in [5, 5.41) is 0. The highest BCUT2D eigenvalue weighted by Gasteiger charge is 2.39. The maximum atomic E-state index is 11.8. The van der Waals surface area contributed by atoms with Crippen LogP contribution in [0.2, 0.25) is 0 Å². The van der Waals surface area contributed by atoms with Crippen molar-refractivity contribution in [1.82, 2.24) is 0 Å². The van der Waals surface area contributed by atoms with Gasteiger partial charge in [0.15, 0.2) is 0 Å². The normalized spacial score (nSPS) is 16.6. The molecule has 0 amide bonds. The molecule has 0 unspecified atom stereocenters. The van der Waals surface area contributed by atoms with E-state index < -0.39 is 20.2 Å². The highest BCUT2D eigenvalue weighted by atomic mass is 32.2. The lowest BCUT2D eigenvalue weighted by Crippen LogP contribution is -2.35. The minimum Gasteiger partial charge on any atom is -0.282 e. The van der Waals surface area contributed by atoms with Crippen LogP contribution in [0.3, 0.4) is 0 Å². The molecule has 3 rings (SSSR count). The van der Waals surface area contributed by atoms with Crippen LogP contribution in [0.4, 0.5) is 0 Å². The zero-order valence-electron chi connectivity index (χ0n) is 15.8. The molecular formula is C20H24O6S2. The van der Waals surface area contributed by atoms with Crippen LogP contribution in [0.15, 0.2) is 46.2 Å². The van der Waals surface area contributed by atoms with Gasteiger partial charge in [0.2, 0.25) is 0 Å². The van der Waals surface area contributed by atoms with E-state index in [1.807, 2.05) is 13.8 Å². The van der Waals surface area contributed by atoms with E-state index in [0.29, 0.717) is 24.0 Å². The summed E-state index contributed by atoms with van der Waals surface area (Å²) in [4.78, 5) is -0.216. The molecule has 1 fully saturated rings. The fourth-order valence-corrected chi connectivity index (χ4v) is 5.50. The largest absolute Gasteiger partial charge is 0.294 e. The van der Waals surface area contributed by atoms with Gasteiger partial charge in [0.25, 0.3) is 20.2 Å². The first kappa shape index (κ1) is 21.0. The van der Waals surface area contributed by atoms with Crippen LogP contribution in [-0.4, -0.2) is 25.9 Å². The van der Waals surface area contributed by atoms with Gasteiger partial charge in [0, 0.05) is 0 Å². The van der Waals surface area contributed by atoms with Crippen molar-refractivity contribution in [3.05, 3.63) is 58.7 Å². The van der Waals surface area contributed by atoms with Gasteiger partial charge in [0.05, 0.1) is 9.79 Å². The molecule has 1 saturated carbocycles. The second-order valence-corrected chi connectivity index (χ2v) is 10.7. The van der Waals surface area contributed by atoms with Gasteiger partial charge in [0.1, 0.15) is 0 Å². The first-order chi connectivity index (χ1) is 12.9. The van der Waals surface area contributed by atoms with Crippen molar-refractivity contribution in [2.24, 2.45) is 5.41 Å². The third kappa shape index (κ3) is 4.46. The molecule has 0 radical (unpaired) electrons. The van der Waals surface area contributed by atoms with Crippen LogP contribution in [0.5, 0.6) is 0 Å². The summed E-state index contributed by atoms with van der Waals surface area (Å²) in [6.45, 7) is 3.70. The fourth-order valence-electron chi connectivity index (χ4n) is 4.10. The molecular weight excluding hydrogens is 400 g/mol. The summed E-state index contributed by atoms with van der Waals surface area (Å²) in [7, 11) is -8.71. The average Bonchev–Trinajstić information content (AvgIpc) is 2.50. The van der Waals surface area contributed by atoms with E-state index in [0.717, 1.165) is 30.4 Å². The summed E-state index contributed by atoms with van der Waals surface area (Å²) < 4.78 is 66.3. The summed E-state index contributed by atoms with van der Waals surface area (Å²) in [5.41, 5.74) is 2.50. The molecule has 152 valence electrons. The smallest absolute Gasteiger partial charge is 0.282 e. The molecule has 2 N–H and O–H groups in total. The van der Waals surface area contributed by atoms with Crippen molar-refractivity contribution in [1.29, 1.82) is 0 Å². The molecule has 6 nitrogen and oxygen atoms in total. The Morgan fingerprint density at radius 2 is 1.18 bits per heavy atom. The van der Waals surface area contributed by atoms with Crippen molar-refractivity contribution >= 4 is 20.2 Å². The van der Waals surface area contributed by atoms with Crippen molar-refractivity contribution in [2.45, 2.75) is 55.7 Å². The van der Waals surface area contributed by atoms with E-state index in [9.17, 15) is 25.9 Å². The Kier molecular flexibility index (Phi) is 5.44. The number of aryl methyl sites for hydroxylation is 2. The van der Waals surface area contributed by atoms with E-state index in [1.165, 1.54) is 12.1 Å². The molecule has 0 saturated heterocycles. The van der Waals surface area contributed by atoms with Crippen LogP contribution in [0, 0.1) is 19.3 Å². The molecule has 0 spiro atoms. The third-order valence-electron chi connectivity index (χ3n) is 5.53.